The lowest BCUT2D eigenvalue weighted by Gasteiger charge is -2.33. The van der Waals surface area contributed by atoms with Gasteiger partial charge in [0, 0.05) is 31.6 Å². The van der Waals surface area contributed by atoms with Crippen molar-refractivity contribution in [2.24, 2.45) is 0 Å². The third-order valence-corrected chi connectivity index (χ3v) is 8.65. The van der Waals surface area contributed by atoms with E-state index in [-0.39, 0.29) is 17.3 Å². The molecule has 39 heavy (non-hydrogen) atoms. The lowest BCUT2D eigenvalue weighted by Crippen LogP contribution is -2.53. The minimum absolute atomic E-state index is 0.0331. The van der Waals surface area contributed by atoms with E-state index < -0.39 is 28.5 Å². The Labute approximate surface area is 236 Å². The molecule has 7 nitrogen and oxygen atoms in total. The summed E-state index contributed by atoms with van der Waals surface area (Å²) in [7, 11) is -2.60. The average molecular weight is 570 g/mol. The molecule has 9 heteroatoms. The van der Waals surface area contributed by atoms with E-state index in [1.165, 1.54) is 36.2 Å². The minimum atomic E-state index is -3.96. The Morgan fingerprint density at radius 1 is 0.949 bits per heavy atom. The number of hydrogen-bond acceptors (Lipinski definition) is 4. The Balaban J connectivity index is 1.96. The van der Waals surface area contributed by atoms with E-state index in [2.05, 4.69) is 5.32 Å². The SMILES string of the molecule is CCCCNC(=O)[C@@H](Cc1ccccc1)N(Cc1ccccc1C)C(=O)CN(C)S(=O)(=O)c1ccc(Cl)cc1. The third-order valence-electron chi connectivity index (χ3n) is 6.58. The number of carbonyl (C=O) groups excluding carboxylic acids is 2. The van der Waals surface area contributed by atoms with Crippen molar-refractivity contribution in [3.63, 3.8) is 0 Å². The molecule has 1 N–H and O–H groups in total. The molecule has 0 aliphatic heterocycles. The van der Waals surface area contributed by atoms with E-state index in [4.69, 9.17) is 11.6 Å². The summed E-state index contributed by atoms with van der Waals surface area (Å²) in [4.78, 5) is 29.0. The smallest absolute Gasteiger partial charge is 0.243 e. The van der Waals surface area contributed by atoms with Crippen LogP contribution in [0.3, 0.4) is 0 Å². The van der Waals surface area contributed by atoms with Gasteiger partial charge in [-0.15, -0.1) is 0 Å². The zero-order valence-electron chi connectivity index (χ0n) is 22.6. The molecule has 0 fully saturated rings. The molecule has 0 bridgehead atoms. The van der Waals surface area contributed by atoms with Gasteiger partial charge in [-0.05, 0) is 54.3 Å². The molecule has 0 aliphatic rings. The Hall–Kier alpha value is -3.20. The van der Waals surface area contributed by atoms with Gasteiger partial charge in [-0.1, -0.05) is 79.5 Å². The van der Waals surface area contributed by atoms with Gasteiger partial charge in [-0.25, -0.2) is 8.42 Å². The Bertz CT molecular complexity index is 1350. The lowest BCUT2D eigenvalue weighted by molar-refractivity contribution is -0.141. The highest BCUT2D eigenvalue weighted by atomic mass is 35.5. The number of halogens is 1. The van der Waals surface area contributed by atoms with Crippen LogP contribution in [0.4, 0.5) is 0 Å². The van der Waals surface area contributed by atoms with E-state index in [0.29, 0.717) is 18.0 Å². The summed E-state index contributed by atoms with van der Waals surface area (Å²) >= 11 is 5.93. The minimum Gasteiger partial charge on any atom is -0.354 e. The standard InChI is InChI=1S/C30H36ClN3O4S/c1-4-5-19-32-30(36)28(20-24-12-7-6-8-13-24)34(21-25-14-10-9-11-23(25)2)29(35)22-33(3)39(37,38)27-17-15-26(31)16-18-27/h6-18,28H,4-5,19-22H2,1-3H3,(H,32,36)/t28-/m1/s1. The second-order valence-electron chi connectivity index (χ2n) is 9.51. The van der Waals surface area contributed by atoms with Crippen molar-refractivity contribution in [2.45, 2.75) is 50.6 Å². The molecule has 0 heterocycles. The van der Waals surface area contributed by atoms with Crippen molar-refractivity contribution < 1.29 is 18.0 Å². The van der Waals surface area contributed by atoms with E-state index in [9.17, 15) is 18.0 Å². The zero-order valence-corrected chi connectivity index (χ0v) is 24.2. The molecule has 208 valence electrons. The molecule has 3 aromatic rings. The van der Waals surface area contributed by atoms with Crippen LogP contribution in [0.2, 0.25) is 5.02 Å². The van der Waals surface area contributed by atoms with Gasteiger partial charge < -0.3 is 10.2 Å². The summed E-state index contributed by atoms with van der Waals surface area (Å²) < 4.78 is 27.4. The first-order chi connectivity index (χ1) is 18.6. The molecule has 1 atom stereocenters. The molecule has 0 unspecified atom stereocenters. The second-order valence-corrected chi connectivity index (χ2v) is 12.0. The number of nitrogens with zero attached hydrogens (tertiary/aromatic N) is 2. The highest BCUT2D eigenvalue weighted by molar-refractivity contribution is 7.89. The van der Waals surface area contributed by atoms with Gasteiger partial charge in [0.25, 0.3) is 0 Å². The maximum absolute atomic E-state index is 13.9. The molecule has 0 spiro atoms. The fourth-order valence-electron chi connectivity index (χ4n) is 4.18. The topological polar surface area (TPSA) is 86.8 Å². The van der Waals surface area contributed by atoms with Crippen molar-refractivity contribution in [2.75, 3.05) is 20.1 Å². The van der Waals surface area contributed by atoms with Crippen LogP contribution in [0, 0.1) is 6.92 Å². The molecule has 0 radical (unpaired) electrons. The first-order valence-corrected chi connectivity index (χ1v) is 14.8. The summed E-state index contributed by atoms with van der Waals surface area (Å²) in [6, 6.07) is 22.1. The predicted octanol–water partition coefficient (Wildman–Crippen LogP) is 4.83. The summed E-state index contributed by atoms with van der Waals surface area (Å²) in [6.45, 7) is 4.22. The second kappa shape index (κ2) is 14.3. The van der Waals surface area contributed by atoms with Crippen LogP contribution in [-0.4, -0.2) is 55.6 Å². The Morgan fingerprint density at radius 3 is 2.23 bits per heavy atom. The van der Waals surface area contributed by atoms with E-state index in [0.717, 1.165) is 33.8 Å². The zero-order chi connectivity index (χ0) is 28.4. The number of rotatable bonds is 13. The van der Waals surface area contributed by atoms with E-state index in [1.807, 2.05) is 68.4 Å². The van der Waals surface area contributed by atoms with Gasteiger partial charge in [0.15, 0.2) is 0 Å². The fraction of sp³-hybridized carbons (Fsp3) is 0.333. The molecule has 3 rings (SSSR count). The number of hydrogen-bond donors (Lipinski definition) is 1. The maximum Gasteiger partial charge on any atom is 0.243 e. The van der Waals surface area contributed by atoms with Gasteiger partial charge in [0.05, 0.1) is 11.4 Å². The van der Waals surface area contributed by atoms with Crippen LogP contribution in [0.5, 0.6) is 0 Å². The number of carbonyl (C=O) groups is 2. The van der Waals surface area contributed by atoms with Crippen LogP contribution in [-0.2, 0) is 32.6 Å². The fourth-order valence-corrected chi connectivity index (χ4v) is 5.43. The number of amides is 2. The van der Waals surface area contributed by atoms with Gasteiger partial charge in [0.1, 0.15) is 6.04 Å². The largest absolute Gasteiger partial charge is 0.354 e. The molecule has 0 saturated carbocycles. The average Bonchev–Trinajstić information content (AvgIpc) is 2.92. The molecule has 2 amide bonds. The van der Waals surface area contributed by atoms with Gasteiger partial charge in [-0.2, -0.15) is 4.31 Å². The van der Waals surface area contributed by atoms with Crippen molar-refractivity contribution in [1.82, 2.24) is 14.5 Å². The number of aryl methyl sites for hydroxylation is 1. The van der Waals surface area contributed by atoms with Crippen molar-refractivity contribution in [3.8, 4) is 0 Å². The van der Waals surface area contributed by atoms with Crippen molar-refractivity contribution >= 4 is 33.4 Å². The first-order valence-electron chi connectivity index (χ1n) is 13.0. The number of nitrogens with one attached hydrogen (secondary N) is 1. The monoisotopic (exact) mass is 569 g/mol. The molecular weight excluding hydrogens is 534 g/mol. The van der Waals surface area contributed by atoms with Crippen molar-refractivity contribution in [3.05, 3.63) is 101 Å². The Kier molecular flexibility index (Phi) is 11.1. The van der Waals surface area contributed by atoms with Crippen LogP contribution < -0.4 is 5.32 Å². The normalized spacial score (nSPS) is 12.2. The van der Waals surface area contributed by atoms with Crippen LogP contribution in [0.15, 0.2) is 83.8 Å². The summed E-state index contributed by atoms with van der Waals surface area (Å²) in [5, 5.41) is 3.39. The Morgan fingerprint density at radius 2 is 1.59 bits per heavy atom. The molecule has 0 aromatic heterocycles. The predicted molar refractivity (Wildman–Crippen MR) is 155 cm³/mol. The lowest BCUT2D eigenvalue weighted by atomic mass is 10.0. The third kappa shape index (κ3) is 8.39. The summed E-state index contributed by atoms with van der Waals surface area (Å²) in [5.41, 5.74) is 2.76. The number of benzene rings is 3. The van der Waals surface area contributed by atoms with Crippen LogP contribution >= 0.6 is 11.6 Å². The quantitative estimate of drug-likeness (QED) is 0.299. The first kappa shape index (κ1) is 30.3. The van der Waals surface area contributed by atoms with E-state index >= 15 is 0 Å². The highest BCUT2D eigenvalue weighted by Gasteiger charge is 2.33. The molecule has 3 aromatic carbocycles. The summed E-state index contributed by atoms with van der Waals surface area (Å²) in [6.07, 6.45) is 2.03. The highest BCUT2D eigenvalue weighted by Crippen LogP contribution is 2.20. The molecule has 0 saturated heterocycles. The number of unbranched alkanes of at least 4 members (excludes halogenated alkanes) is 1. The number of likely N-dealkylation sites (N-methyl/N-ethyl adjacent to an activating group) is 1. The van der Waals surface area contributed by atoms with Gasteiger partial charge in [-0.3, -0.25) is 9.59 Å². The molecular formula is C30H36ClN3O4S. The summed E-state index contributed by atoms with van der Waals surface area (Å²) in [5.74, 6) is -0.734. The molecule has 0 aliphatic carbocycles. The van der Waals surface area contributed by atoms with Crippen LogP contribution in [0.1, 0.15) is 36.5 Å². The van der Waals surface area contributed by atoms with Crippen LogP contribution in [0.25, 0.3) is 0 Å². The number of sulfonamides is 1. The van der Waals surface area contributed by atoms with Gasteiger partial charge >= 0.3 is 0 Å². The van der Waals surface area contributed by atoms with Crippen molar-refractivity contribution in [1.29, 1.82) is 0 Å². The van der Waals surface area contributed by atoms with Gasteiger partial charge in [0.2, 0.25) is 21.8 Å². The van der Waals surface area contributed by atoms with E-state index in [1.54, 1.807) is 0 Å². The maximum atomic E-state index is 13.9.